The number of para-hydroxylation sites is 1. The van der Waals surface area contributed by atoms with Gasteiger partial charge in [-0.1, -0.05) is 32.0 Å². The zero-order chi connectivity index (χ0) is 56.3. The number of rotatable bonds is 31. The van der Waals surface area contributed by atoms with Crippen molar-refractivity contribution in [2.75, 3.05) is 19.8 Å². The molecule has 0 bridgehead atoms. The van der Waals surface area contributed by atoms with Gasteiger partial charge in [0, 0.05) is 42.9 Å². The minimum Gasteiger partial charge on any atom is -0.480 e. The van der Waals surface area contributed by atoms with E-state index in [1.54, 1.807) is 44.3 Å². The molecule has 75 heavy (non-hydrogen) atoms. The number of nitrogens with two attached hydrogens (primary N) is 4. The van der Waals surface area contributed by atoms with E-state index in [0.29, 0.717) is 16.5 Å². The van der Waals surface area contributed by atoms with E-state index in [9.17, 15) is 78.0 Å². The van der Waals surface area contributed by atoms with Gasteiger partial charge in [-0.2, -0.15) is 0 Å². The molecule has 29 heteroatoms. The number of primary amides is 3. The summed E-state index contributed by atoms with van der Waals surface area (Å²) in [4.78, 5) is 160. The van der Waals surface area contributed by atoms with Gasteiger partial charge < -0.3 is 90.5 Å². The molecule has 2 heterocycles. The van der Waals surface area contributed by atoms with Gasteiger partial charge in [-0.15, -0.1) is 0 Å². The van der Waals surface area contributed by atoms with E-state index in [1.165, 1.54) is 0 Å². The number of aliphatic hydroxyl groups excluding tert-OH is 3. The highest BCUT2D eigenvalue weighted by molar-refractivity contribution is 6.00. The minimum absolute atomic E-state index is 0.0155. The molecule has 0 radical (unpaired) electrons. The third-order valence-corrected chi connectivity index (χ3v) is 12.0. The van der Waals surface area contributed by atoms with Crippen molar-refractivity contribution in [1.29, 1.82) is 0 Å². The lowest BCUT2D eigenvalue weighted by Crippen LogP contribution is -2.62. The van der Waals surface area contributed by atoms with Crippen LogP contribution >= 0.6 is 0 Å². The van der Waals surface area contributed by atoms with Crippen molar-refractivity contribution < 1.29 is 78.0 Å². The highest BCUT2D eigenvalue weighted by atomic mass is 16.4. The van der Waals surface area contributed by atoms with Crippen LogP contribution in [0.25, 0.3) is 10.9 Å². The molecule has 2 aromatic rings. The molecule has 20 N–H and O–H groups in total. The van der Waals surface area contributed by atoms with Crippen LogP contribution in [0.4, 0.5) is 0 Å². The van der Waals surface area contributed by atoms with Gasteiger partial charge in [-0.3, -0.25) is 52.7 Å². The number of hydrogen-bond donors (Lipinski definition) is 16. The Morgan fingerprint density at radius 1 is 0.667 bits per heavy atom. The van der Waals surface area contributed by atoms with E-state index in [2.05, 4.69) is 42.2 Å². The zero-order valence-corrected chi connectivity index (χ0v) is 41.7. The van der Waals surface area contributed by atoms with Gasteiger partial charge in [0.15, 0.2) is 6.04 Å². The fourth-order valence-corrected chi connectivity index (χ4v) is 7.99. The van der Waals surface area contributed by atoms with E-state index in [0.717, 1.165) is 11.8 Å². The number of aromatic amines is 1. The maximum Gasteiger partial charge on any atom is 0.328 e. The first-order valence-corrected chi connectivity index (χ1v) is 24.0. The smallest absolute Gasteiger partial charge is 0.328 e. The average Bonchev–Trinajstić information content (AvgIpc) is 4.00. The van der Waals surface area contributed by atoms with Crippen molar-refractivity contribution in [3.8, 4) is 0 Å². The number of likely N-dealkylation sites (tertiary alicyclic amines) is 1. The Bertz CT molecular complexity index is 2410. The van der Waals surface area contributed by atoms with Gasteiger partial charge in [0.2, 0.25) is 65.0 Å². The van der Waals surface area contributed by atoms with Crippen molar-refractivity contribution in [2.24, 2.45) is 28.9 Å². The summed E-state index contributed by atoms with van der Waals surface area (Å²) >= 11 is 0. The van der Waals surface area contributed by atoms with Crippen LogP contribution in [0.2, 0.25) is 0 Å². The number of carboxylic acid groups (broad SMARTS) is 1. The molecule has 0 aliphatic carbocycles. The Morgan fingerprint density at radius 2 is 1.19 bits per heavy atom. The number of H-pyrrole nitrogens is 1. The van der Waals surface area contributed by atoms with Crippen molar-refractivity contribution in [1.82, 2.24) is 47.1 Å². The Hall–Kier alpha value is -7.76. The predicted molar refractivity (Wildman–Crippen MR) is 262 cm³/mol. The number of benzene rings is 1. The maximum atomic E-state index is 14.1. The highest BCUT2D eigenvalue weighted by Crippen LogP contribution is 2.22. The molecule has 0 unspecified atom stereocenters. The molecule has 3 rings (SSSR count). The lowest BCUT2D eigenvalue weighted by atomic mass is 10.0. The second-order valence-electron chi connectivity index (χ2n) is 18.5. The first kappa shape index (κ1) is 61.5. The summed E-state index contributed by atoms with van der Waals surface area (Å²) in [5.74, 6) is -12.8. The molecule has 1 aliphatic rings. The van der Waals surface area contributed by atoms with Gasteiger partial charge >= 0.3 is 5.97 Å². The molecule has 1 aromatic heterocycles. The van der Waals surface area contributed by atoms with Crippen molar-refractivity contribution in [2.45, 2.75) is 139 Å². The zero-order valence-electron chi connectivity index (χ0n) is 41.7. The normalized spacial score (nSPS) is 16.9. The number of hydrogen-bond acceptors (Lipinski definition) is 16. The summed E-state index contributed by atoms with van der Waals surface area (Å²) in [6.45, 7) is 2.23. The van der Waals surface area contributed by atoms with E-state index in [4.69, 9.17) is 22.9 Å². The summed E-state index contributed by atoms with van der Waals surface area (Å²) in [5.41, 5.74) is 22.9. The average molecular weight is 1060 g/mol. The van der Waals surface area contributed by atoms with Gasteiger partial charge in [0.05, 0.1) is 31.8 Å². The molecular formula is C46H69N13O16. The molecule has 414 valence electrons. The molecule has 1 saturated heterocycles. The van der Waals surface area contributed by atoms with E-state index in [-0.39, 0.29) is 57.4 Å². The summed E-state index contributed by atoms with van der Waals surface area (Å²) in [7, 11) is 0. The lowest BCUT2D eigenvalue weighted by molar-refractivity contribution is -0.146. The molecule has 1 fully saturated rings. The number of fused-ring (bicyclic) bond motifs is 1. The second-order valence-corrected chi connectivity index (χ2v) is 18.5. The van der Waals surface area contributed by atoms with Gasteiger partial charge in [-0.25, -0.2) is 4.79 Å². The first-order valence-electron chi connectivity index (χ1n) is 24.0. The summed E-state index contributed by atoms with van der Waals surface area (Å²) in [6, 6.07) is -7.48. The molecule has 29 nitrogen and oxygen atoms in total. The number of aliphatic hydroxyl groups is 3. The minimum atomic E-state index is -1.93. The monoisotopic (exact) mass is 1060 g/mol. The van der Waals surface area contributed by atoms with Gasteiger partial charge in [-0.05, 0) is 56.6 Å². The lowest BCUT2D eigenvalue weighted by Gasteiger charge is -2.31. The number of nitrogens with zero attached hydrogens (tertiary/aromatic N) is 1. The molecule has 1 aromatic carbocycles. The first-order chi connectivity index (χ1) is 35.3. The number of carboxylic acids is 1. The fourth-order valence-electron chi connectivity index (χ4n) is 7.99. The predicted octanol–water partition coefficient (Wildman–Crippen LogP) is -6.68. The Morgan fingerprint density at radius 3 is 1.73 bits per heavy atom. The molecule has 0 spiro atoms. The van der Waals surface area contributed by atoms with Gasteiger partial charge in [0.1, 0.15) is 42.3 Å². The topological polar surface area (TPSA) is 493 Å². The summed E-state index contributed by atoms with van der Waals surface area (Å²) in [5, 5.41) is 56.8. The SMILES string of the molecule is CC(C)C[C@H](NC(=O)[C@@H]1CCCN1C(=O)[C@H](CC(N)=O)NC(=O)[C@H](CO)NC(=O)[C@H](CO)NC(=O)[C@H](Cc1c[nH]c2ccccc12)NC(=O)[C@H](CCC(N)=O)NC(=O)[C@@H](N)CCC(N)=O)C(=O)N[C@H](C(=O)O)[C@@H](C)O. The number of carbonyl (C=O) groups is 12. The van der Waals surface area contributed by atoms with E-state index >= 15 is 0 Å². The number of aliphatic carboxylic acids is 1. The Labute approximate surface area is 429 Å². The molecule has 1 aliphatic heterocycles. The Balaban J connectivity index is 1.83. The number of aromatic nitrogens is 1. The molecule has 11 amide bonds. The largest absolute Gasteiger partial charge is 0.480 e. The van der Waals surface area contributed by atoms with Crippen molar-refractivity contribution >= 4 is 81.9 Å². The highest BCUT2D eigenvalue weighted by Gasteiger charge is 2.41. The quantitative estimate of drug-likeness (QED) is 0.0334. The molecule has 10 atom stereocenters. The van der Waals surface area contributed by atoms with Crippen molar-refractivity contribution in [3.63, 3.8) is 0 Å². The standard InChI is InChI=1S/C46H69N13O16/c1-21(2)15-28(41(69)58-37(22(3)62)46(74)75)54-44(72)33-9-6-14-59(33)45(73)30(17-36(50)65)55-42(70)31(19-60)57-43(71)32(20-61)56-40(68)29(16-23-18-51-26-8-5-4-7-24(23)26)53-39(67)27(11-13-35(49)64)52-38(66)25(47)10-12-34(48)63/h4-5,7-8,18,21-22,25,27-33,37,51,60-62H,6,9-17,19-20,47H2,1-3H3,(H2,48,63)(H2,49,64)(H2,50,65)(H,52,66)(H,53,67)(H,54,72)(H,55,70)(H,56,68)(H,57,71)(H,58,69)(H,74,75)/t22-,25+,27+,28+,29+,30+,31+,32+,33+,37+/m1/s1. The van der Waals surface area contributed by atoms with Crippen molar-refractivity contribution in [3.05, 3.63) is 36.0 Å². The third kappa shape index (κ3) is 18.9. The van der Waals surface area contributed by atoms with Crippen LogP contribution in [-0.4, -0.2) is 181 Å². The van der Waals surface area contributed by atoms with Crippen LogP contribution in [0.15, 0.2) is 30.5 Å². The number of carbonyl (C=O) groups excluding carboxylic acids is 11. The second kappa shape index (κ2) is 29.2. The number of nitrogens with one attached hydrogen (secondary N) is 8. The molecular weight excluding hydrogens is 991 g/mol. The summed E-state index contributed by atoms with van der Waals surface area (Å²) in [6.07, 6.45) is -2.02. The van der Waals surface area contributed by atoms with Crippen LogP contribution in [0.1, 0.15) is 77.7 Å². The maximum absolute atomic E-state index is 14.1. The van der Waals surface area contributed by atoms with Gasteiger partial charge in [0.25, 0.3) is 0 Å². The van der Waals surface area contributed by atoms with Crippen LogP contribution in [0, 0.1) is 5.92 Å². The molecule has 0 saturated carbocycles. The Kier molecular flexibility index (Phi) is 24.0. The van der Waals surface area contributed by atoms with Crippen LogP contribution < -0.4 is 60.2 Å². The summed E-state index contributed by atoms with van der Waals surface area (Å²) < 4.78 is 0. The van der Waals surface area contributed by atoms with Crippen LogP contribution in [-0.2, 0) is 64.0 Å². The van der Waals surface area contributed by atoms with Crippen LogP contribution in [0.5, 0.6) is 0 Å². The van der Waals surface area contributed by atoms with Crippen LogP contribution in [0.3, 0.4) is 0 Å². The van der Waals surface area contributed by atoms with E-state index < -0.39 is 157 Å². The fraction of sp³-hybridized carbons (Fsp3) is 0.565. The number of amides is 11. The van der Waals surface area contributed by atoms with E-state index in [1.807, 2.05) is 0 Å². The third-order valence-electron chi connectivity index (χ3n) is 12.0.